The Morgan fingerprint density at radius 3 is 2.10 bits per heavy atom. The number of aliphatic hydroxyl groups is 10. The molecule has 0 bridgehead atoms. The topological polar surface area (TPSA) is 323 Å². The van der Waals surface area contributed by atoms with Crippen molar-refractivity contribution in [3.8, 4) is 11.5 Å². The largest absolute Gasteiger partial charge is 0.504 e. The SMILES string of the molecule is CC(=O)[C@H]1O[C@@H](Oc2ccc(/C=C(\C)C(=O)N[C@H]3[C@@H](O)[C@H](O)[C@@H]4OCO[C@@H]4[C@H]3O)cc2O)[C@@H](O)[C@@H]1O.O=C[C@H](O)[C@@H](O)[C@H](O)[C@H](O)CO. The third kappa shape index (κ3) is 8.90. The maximum absolute atomic E-state index is 12.7. The number of aliphatic hydroxyl groups excluding tert-OH is 10. The fraction of sp³-hybridized carbons (Fsp3) is 0.621. The van der Waals surface area contributed by atoms with E-state index in [2.05, 4.69) is 5.32 Å². The molecule has 2 saturated heterocycles. The standard InChI is InChI=1S/C23H29NO12.C6H12O6/c1-8(22(32)24-13-14(27)16(29)21-20(15(13)28)33-7-34-21)5-10-3-4-12(11(26)6-10)35-23-18(31)17(30)19(36-23)9(2)25;7-1-3(9)5(11)6(12)4(10)2-8/h3-6,13-21,23,26-31H,7H2,1-2H3,(H,24,32);1,3-6,8-12H,2H2/b8-5+;/t13-,14+,15-,16-,17-,18-,19+,20+,21-,23+;3-,4+,5+,6+/m00/s1. The summed E-state index contributed by atoms with van der Waals surface area (Å²) in [7, 11) is 0. The fourth-order valence-electron chi connectivity index (χ4n) is 5.08. The van der Waals surface area contributed by atoms with E-state index in [1.165, 1.54) is 38.1 Å². The van der Waals surface area contributed by atoms with Crippen molar-refractivity contribution < 1.29 is 89.5 Å². The Morgan fingerprint density at radius 1 is 0.938 bits per heavy atom. The number of hydrogen-bond acceptors (Lipinski definition) is 18. The van der Waals surface area contributed by atoms with Gasteiger partial charge in [0.15, 0.2) is 23.6 Å². The van der Waals surface area contributed by atoms with Gasteiger partial charge in [-0.25, -0.2) is 0 Å². The number of carbonyl (C=O) groups is 3. The maximum atomic E-state index is 12.7. The predicted octanol–water partition coefficient (Wildman–Crippen LogP) is -5.85. The van der Waals surface area contributed by atoms with Crippen LogP contribution in [0, 0.1) is 0 Å². The Hall–Kier alpha value is -3.15. The highest BCUT2D eigenvalue weighted by molar-refractivity contribution is 5.97. The van der Waals surface area contributed by atoms with Crippen LogP contribution in [0.15, 0.2) is 23.8 Å². The first kappa shape index (κ1) is 39.3. The number of ketones is 1. The van der Waals surface area contributed by atoms with Gasteiger partial charge in [-0.1, -0.05) is 6.07 Å². The predicted molar refractivity (Wildman–Crippen MR) is 155 cm³/mol. The van der Waals surface area contributed by atoms with Gasteiger partial charge in [0.25, 0.3) is 0 Å². The first-order valence-electron chi connectivity index (χ1n) is 14.6. The van der Waals surface area contributed by atoms with Crippen LogP contribution >= 0.6 is 0 Å². The summed E-state index contributed by atoms with van der Waals surface area (Å²) < 4.78 is 21.1. The summed E-state index contributed by atoms with van der Waals surface area (Å²) in [5.74, 6) is -1.59. The van der Waals surface area contributed by atoms with Crippen LogP contribution in [0.5, 0.6) is 11.5 Å². The summed E-state index contributed by atoms with van der Waals surface area (Å²) in [6, 6.07) is 2.90. The second-order valence-electron chi connectivity index (χ2n) is 11.4. The number of aldehydes is 1. The average Bonchev–Trinajstić information content (AvgIpc) is 3.67. The number of rotatable bonds is 11. The van der Waals surface area contributed by atoms with E-state index in [0.717, 1.165) is 0 Å². The third-order valence-electron chi connectivity index (χ3n) is 7.91. The highest BCUT2D eigenvalue weighted by atomic mass is 16.7. The molecule has 1 aromatic carbocycles. The van der Waals surface area contributed by atoms with Gasteiger partial charge in [-0.05, 0) is 37.6 Å². The van der Waals surface area contributed by atoms with E-state index in [4.69, 9.17) is 44.5 Å². The van der Waals surface area contributed by atoms with Crippen LogP contribution in [0.2, 0.25) is 0 Å². The first-order chi connectivity index (χ1) is 22.5. The van der Waals surface area contributed by atoms with Crippen molar-refractivity contribution in [3.05, 3.63) is 29.3 Å². The molecule has 19 heteroatoms. The summed E-state index contributed by atoms with van der Waals surface area (Å²) in [6.07, 6.45) is -17.0. The van der Waals surface area contributed by atoms with Gasteiger partial charge in [0.05, 0.1) is 12.6 Å². The number of phenols is 1. The molecule has 3 aliphatic rings. The second-order valence-corrected chi connectivity index (χ2v) is 11.4. The molecule has 3 fully saturated rings. The minimum absolute atomic E-state index is 0.0258. The molecular weight excluding hydrogens is 650 g/mol. The Balaban J connectivity index is 0.000000444. The zero-order chi connectivity index (χ0) is 36.0. The van der Waals surface area contributed by atoms with Crippen LogP contribution in [-0.2, 0) is 28.6 Å². The van der Waals surface area contributed by atoms with Gasteiger partial charge in [0, 0.05) is 5.57 Å². The summed E-state index contributed by atoms with van der Waals surface area (Å²) in [6.45, 7) is 1.76. The van der Waals surface area contributed by atoms with Crippen LogP contribution in [0.1, 0.15) is 19.4 Å². The monoisotopic (exact) mass is 691 g/mol. The van der Waals surface area contributed by atoms with E-state index in [9.17, 15) is 45.0 Å². The lowest BCUT2D eigenvalue weighted by Crippen LogP contribution is -2.67. The lowest BCUT2D eigenvalue weighted by molar-refractivity contribution is -0.155. The summed E-state index contributed by atoms with van der Waals surface area (Å²) in [5.41, 5.74) is 0.545. The number of carbonyl (C=O) groups excluding carboxylic acids is 3. The van der Waals surface area contributed by atoms with E-state index in [0.29, 0.717) is 5.56 Å². The molecule has 1 saturated carbocycles. The van der Waals surface area contributed by atoms with Gasteiger partial charge in [-0.3, -0.25) is 9.59 Å². The first-order valence-corrected chi connectivity index (χ1v) is 14.6. The number of nitrogens with one attached hydrogen (secondary N) is 1. The minimum Gasteiger partial charge on any atom is -0.504 e. The fourth-order valence-corrected chi connectivity index (χ4v) is 5.08. The van der Waals surface area contributed by atoms with Gasteiger partial charge >= 0.3 is 0 Å². The molecule has 12 N–H and O–H groups in total. The smallest absolute Gasteiger partial charge is 0.247 e. The van der Waals surface area contributed by atoms with Crippen molar-refractivity contribution in [2.45, 2.75) is 99.4 Å². The highest BCUT2D eigenvalue weighted by Gasteiger charge is 2.53. The lowest BCUT2D eigenvalue weighted by atomic mass is 9.83. The summed E-state index contributed by atoms with van der Waals surface area (Å²) in [5, 5.41) is 107. The van der Waals surface area contributed by atoms with Gasteiger partial charge in [0.2, 0.25) is 12.2 Å². The summed E-state index contributed by atoms with van der Waals surface area (Å²) >= 11 is 0. The molecule has 0 radical (unpaired) electrons. The number of Topliss-reactive ketones (excluding diaryl/α,β-unsaturated/α-hetero) is 1. The molecule has 1 amide bonds. The number of amides is 1. The van der Waals surface area contributed by atoms with Crippen molar-refractivity contribution in [3.63, 3.8) is 0 Å². The normalized spacial score (nSPS) is 34.1. The molecule has 0 unspecified atom stereocenters. The zero-order valence-corrected chi connectivity index (χ0v) is 25.7. The number of phenolic OH excluding ortho intramolecular Hbond substituents is 1. The van der Waals surface area contributed by atoms with Crippen LogP contribution in [-0.4, -0.2) is 173 Å². The zero-order valence-electron chi connectivity index (χ0n) is 25.7. The Labute approximate surface area is 272 Å². The Morgan fingerprint density at radius 2 is 1.56 bits per heavy atom. The lowest BCUT2D eigenvalue weighted by Gasteiger charge is -2.41. The van der Waals surface area contributed by atoms with E-state index < -0.39 is 104 Å². The van der Waals surface area contributed by atoms with E-state index in [1.807, 2.05) is 0 Å². The molecule has 2 aliphatic heterocycles. The van der Waals surface area contributed by atoms with Crippen molar-refractivity contribution >= 4 is 24.1 Å². The third-order valence-corrected chi connectivity index (χ3v) is 7.91. The average molecular weight is 692 g/mol. The Bertz CT molecular complexity index is 1290. The molecule has 4 rings (SSSR count). The molecule has 1 aromatic rings. The molecule has 1 aliphatic carbocycles. The number of ether oxygens (including phenoxy) is 4. The number of hydrogen-bond donors (Lipinski definition) is 12. The molecule has 0 aromatic heterocycles. The molecule has 270 valence electrons. The quantitative estimate of drug-likeness (QED) is 0.0759. The van der Waals surface area contributed by atoms with Gasteiger partial charge in [0.1, 0.15) is 80.0 Å². The molecule has 48 heavy (non-hydrogen) atoms. The van der Waals surface area contributed by atoms with Crippen LogP contribution < -0.4 is 10.1 Å². The number of fused-ring (bicyclic) bond motifs is 1. The van der Waals surface area contributed by atoms with E-state index in [1.54, 1.807) is 0 Å². The molecule has 19 nitrogen and oxygen atoms in total. The van der Waals surface area contributed by atoms with Crippen LogP contribution in [0.25, 0.3) is 6.08 Å². The van der Waals surface area contributed by atoms with Crippen LogP contribution in [0.3, 0.4) is 0 Å². The highest BCUT2D eigenvalue weighted by Crippen LogP contribution is 2.33. The molecule has 14 atom stereocenters. The maximum Gasteiger partial charge on any atom is 0.247 e. The number of aromatic hydroxyl groups is 1. The van der Waals surface area contributed by atoms with Crippen molar-refractivity contribution in [1.82, 2.24) is 5.32 Å². The van der Waals surface area contributed by atoms with Crippen LogP contribution in [0.4, 0.5) is 0 Å². The van der Waals surface area contributed by atoms with Gasteiger partial charge < -0.3 is 85.2 Å². The van der Waals surface area contributed by atoms with Crippen molar-refractivity contribution in [1.29, 1.82) is 0 Å². The Kier molecular flexibility index (Phi) is 13.9. The summed E-state index contributed by atoms with van der Waals surface area (Å²) in [4.78, 5) is 34.1. The van der Waals surface area contributed by atoms with Gasteiger partial charge in [-0.2, -0.15) is 0 Å². The molecule has 0 spiro atoms. The van der Waals surface area contributed by atoms with Gasteiger partial charge in [-0.15, -0.1) is 0 Å². The second kappa shape index (κ2) is 17.0. The number of benzene rings is 1. The minimum atomic E-state index is -1.79. The van der Waals surface area contributed by atoms with E-state index >= 15 is 0 Å². The molecule has 2 heterocycles. The molecular formula is C29H41NO18. The van der Waals surface area contributed by atoms with Crippen molar-refractivity contribution in [2.75, 3.05) is 13.4 Å². The van der Waals surface area contributed by atoms with E-state index in [-0.39, 0.29) is 30.2 Å². The van der Waals surface area contributed by atoms with Crippen molar-refractivity contribution in [2.24, 2.45) is 0 Å².